The van der Waals surface area contributed by atoms with E-state index in [1.165, 1.54) is 11.1 Å². The Morgan fingerprint density at radius 3 is 2.89 bits per heavy atom. The van der Waals surface area contributed by atoms with E-state index in [0.717, 1.165) is 49.2 Å². The number of hydrogen-bond acceptors (Lipinski definition) is 5. The standard InChI is InChI=1S/C29H27N3O4/c1-2-17-13-32(14-24(34)18-7-8-25-23(11-18)30-27(35)16-36-25)10-9-29-21-5-3-4-6-22(21)31-28(29)20(15-33)19(17)12-26(29)32/h2-8,11,15,19,26H,9-10,12-14,16H2,1H3,(H-,30,31,33,35)/p+1/b17-2-/t19-,26-,29+,32-/m0/s1. The van der Waals surface area contributed by atoms with E-state index in [1.807, 2.05) is 13.0 Å². The fourth-order valence-corrected chi connectivity index (χ4v) is 7.76. The van der Waals surface area contributed by atoms with E-state index in [-0.39, 0.29) is 35.7 Å². The lowest BCUT2D eigenvalue weighted by Crippen LogP contribution is -2.64. The summed E-state index contributed by atoms with van der Waals surface area (Å²) in [5, 5.41) is 6.46. The predicted molar refractivity (Wildman–Crippen MR) is 135 cm³/mol. The molecule has 2 saturated heterocycles. The summed E-state index contributed by atoms with van der Waals surface area (Å²) in [4.78, 5) is 38.1. The molecule has 2 aromatic rings. The molecule has 1 spiro atoms. The van der Waals surface area contributed by atoms with Gasteiger partial charge < -0.3 is 19.9 Å². The molecule has 36 heavy (non-hydrogen) atoms. The van der Waals surface area contributed by atoms with Gasteiger partial charge in [-0.2, -0.15) is 0 Å². The lowest BCUT2D eigenvalue weighted by atomic mass is 9.61. The van der Waals surface area contributed by atoms with Crippen molar-refractivity contribution in [3.05, 3.63) is 76.5 Å². The molecule has 0 aromatic heterocycles. The van der Waals surface area contributed by atoms with E-state index >= 15 is 0 Å². The second-order valence-electron chi connectivity index (χ2n) is 10.7. The number of ketones is 1. The molecule has 4 heterocycles. The Labute approximate surface area is 209 Å². The van der Waals surface area contributed by atoms with Gasteiger partial charge >= 0.3 is 0 Å². The molecule has 0 unspecified atom stereocenters. The van der Waals surface area contributed by atoms with E-state index in [9.17, 15) is 14.4 Å². The third-order valence-corrected chi connectivity index (χ3v) is 9.25. The maximum Gasteiger partial charge on any atom is 0.262 e. The van der Waals surface area contributed by atoms with Gasteiger partial charge in [-0.25, -0.2) is 0 Å². The van der Waals surface area contributed by atoms with Crippen LogP contribution in [-0.4, -0.2) is 54.7 Å². The van der Waals surface area contributed by atoms with Gasteiger partial charge in [0.25, 0.3) is 5.91 Å². The predicted octanol–water partition coefficient (Wildman–Crippen LogP) is 3.59. The monoisotopic (exact) mass is 482 g/mol. The highest BCUT2D eigenvalue weighted by atomic mass is 16.5. The van der Waals surface area contributed by atoms with Crippen LogP contribution >= 0.6 is 0 Å². The Kier molecular flexibility index (Phi) is 4.43. The van der Waals surface area contributed by atoms with Crippen molar-refractivity contribution in [1.29, 1.82) is 0 Å². The van der Waals surface area contributed by atoms with Crippen LogP contribution in [0, 0.1) is 5.92 Å². The van der Waals surface area contributed by atoms with Gasteiger partial charge in [0.05, 0.1) is 17.6 Å². The number of nitrogens with zero attached hydrogens (tertiary/aromatic N) is 1. The van der Waals surface area contributed by atoms with Crippen LogP contribution in [-0.2, 0) is 15.0 Å². The Hall–Kier alpha value is -3.71. The zero-order valence-corrected chi connectivity index (χ0v) is 20.2. The second kappa shape index (κ2) is 7.40. The first-order valence-electron chi connectivity index (χ1n) is 12.7. The van der Waals surface area contributed by atoms with E-state index in [0.29, 0.717) is 28.0 Å². The third kappa shape index (κ3) is 2.69. The SMILES string of the molecule is C/C=C1/C[N@+]2(CC(=O)c3ccc4c(c3)NC(=O)CO4)CC[C@]34C(=C(C=O)[C@H]1C[C@@H]32)Nc1ccccc14. The molecule has 4 atom stereocenters. The van der Waals surface area contributed by atoms with Crippen molar-refractivity contribution in [3.63, 3.8) is 0 Å². The van der Waals surface area contributed by atoms with Gasteiger partial charge in [0, 0.05) is 41.3 Å². The number of nitrogens with one attached hydrogen (secondary N) is 2. The van der Waals surface area contributed by atoms with Crippen LogP contribution in [0.2, 0.25) is 0 Å². The number of ether oxygens (including phenoxy) is 1. The molecular weight excluding hydrogens is 454 g/mol. The summed E-state index contributed by atoms with van der Waals surface area (Å²) in [6.45, 7) is 4.07. The average molecular weight is 483 g/mol. The topological polar surface area (TPSA) is 84.5 Å². The minimum atomic E-state index is -0.263. The van der Waals surface area contributed by atoms with Crippen LogP contribution in [0.4, 0.5) is 11.4 Å². The molecule has 2 aromatic carbocycles. The zero-order chi connectivity index (χ0) is 24.7. The molecule has 2 fully saturated rings. The highest BCUT2D eigenvalue weighted by molar-refractivity contribution is 6.01. The molecule has 7 rings (SSSR count). The number of benzene rings is 2. The lowest BCUT2D eigenvalue weighted by Gasteiger charge is -2.53. The minimum absolute atomic E-state index is 0.00844. The van der Waals surface area contributed by atoms with Crippen LogP contribution in [0.1, 0.15) is 35.7 Å². The van der Waals surface area contributed by atoms with Gasteiger partial charge in [-0.1, -0.05) is 24.3 Å². The number of piperidine rings is 1. The van der Waals surface area contributed by atoms with Gasteiger partial charge in [0.2, 0.25) is 5.78 Å². The molecule has 2 N–H and O–H groups in total. The largest absolute Gasteiger partial charge is 0.482 e. The highest BCUT2D eigenvalue weighted by Gasteiger charge is 2.68. The van der Waals surface area contributed by atoms with Gasteiger partial charge in [-0.3, -0.25) is 14.4 Å². The van der Waals surface area contributed by atoms with Crippen molar-refractivity contribution in [3.8, 4) is 5.75 Å². The number of amides is 1. The van der Waals surface area contributed by atoms with E-state index < -0.39 is 0 Å². The maximum atomic E-state index is 13.8. The molecule has 1 amide bonds. The summed E-state index contributed by atoms with van der Waals surface area (Å²) in [6, 6.07) is 13.9. The molecule has 0 radical (unpaired) electrons. The fourth-order valence-electron chi connectivity index (χ4n) is 7.76. The number of carbonyl (C=O) groups excluding carboxylic acids is 3. The highest BCUT2D eigenvalue weighted by Crippen LogP contribution is 2.63. The molecule has 1 aliphatic carbocycles. The number of aldehydes is 1. The van der Waals surface area contributed by atoms with Gasteiger partial charge in [0.1, 0.15) is 31.2 Å². The summed E-state index contributed by atoms with van der Waals surface area (Å²) in [5.74, 6) is 0.537. The number of rotatable bonds is 4. The molecule has 7 nitrogen and oxygen atoms in total. The van der Waals surface area contributed by atoms with Gasteiger partial charge in [0.15, 0.2) is 6.61 Å². The second-order valence-corrected chi connectivity index (χ2v) is 10.7. The molecule has 0 saturated carbocycles. The van der Waals surface area contributed by atoms with Gasteiger partial charge in [-0.05, 0) is 42.3 Å². The number of para-hydroxylation sites is 1. The van der Waals surface area contributed by atoms with E-state index in [2.05, 4.69) is 34.9 Å². The molecule has 7 heteroatoms. The maximum absolute atomic E-state index is 13.8. The molecule has 2 bridgehead atoms. The van der Waals surface area contributed by atoms with Crippen molar-refractivity contribution in [2.75, 3.05) is 36.9 Å². The third-order valence-electron chi connectivity index (χ3n) is 9.25. The summed E-state index contributed by atoms with van der Waals surface area (Å²) in [6.07, 6.45) is 4.98. The van der Waals surface area contributed by atoms with Crippen LogP contribution in [0.25, 0.3) is 0 Å². The van der Waals surface area contributed by atoms with Crippen molar-refractivity contribution in [2.45, 2.75) is 31.2 Å². The first-order chi connectivity index (χ1) is 17.5. The molecular formula is C29H28N3O4+. The van der Waals surface area contributed by atoms with E-state index in [4.69, 9.17) is 4.74 Å². The zero-order valence-electron chi connectivity index (χ0n) is 20.2. The Bertz CT molecular complexity index is 1430. The van der Waals surface area contributed by atoms with Crippen molar-refractivity contribution < 1.29 is 23.6 Å². The van der Waals surface area contributed by atoms with Crippen LogP contribution < -0.4 is 15.4 Å². The first-order valence-corrected chi connectivity index (χ1v) is 12.7. The van der Waals surface area contributed by atoms with Crippen LogP contribution in [0.15, 0.2) is 65.4 Å². The lowest BCUT2D eigenvalue weighted by molar-refractivity contribution is -0.934. The Balaban J connectivity index is 1.32. The fraction of sp³-hybridized carbons (Fsp3) is 0.345. The minimum Gasteiger partial charge on any atom is -0.482 e. The average Bonchev–Trinajstić information content (AvgIpc) is 3.42. The molecule has 182 valence electrons. The summed E-state index contributed by atoms with van der Waals surface area (Å²) in [5.41, 5.74) is 6.39. The summed E-state index contributed by atoms with van der Waals surface area (Å²) in [7, 11) is 0. The number of carbonyl (C=O) groups is 3. The van der Waals surface area contributed by atoms with Crippen LogP contribution in [0.3, 0.4) is 0 Å². The number of anilines is 2. The van der Waals surface area contributed by atoms with Crippen molar-refractivity contribution in [1.82, 2.24) is 0 Å². The Morgan fingerprint density at radius 1 is 1.19 bits per heavy atom. The van der Waals surface area contributed by atoms with Gasteiger partial charge in [-0.15, -0.1) is 0 Å². The van der Waals surface area contributed by atoms with Crippen LogP contribution in [0.5, 0.6) is 5.75 Å². The quantitative estimate of drug-likeness (QED) is 0.301. The smallest absolute Gasteiger partial charge is 0.262 e. The Morgan fingerprint density at radius 2 is 2.06 bits per heavy atom. The number of allylic oxidation sites excluding steroid dienone is 2. The summed E-state index contributed by atoms with van der Waals surface area (Å²) < 4.78 is 6.17. The number of hydrogen-bond donors (Lipinski definition) is 2. The number of Topliss-reactive ketones (excluding diaryl/α,β-unsaturated/α-hetero) is 1. The van der Waals surface area contributed by atoms with E-state index in [1.54, 1.807) is 18.2 Å². The summed E-state index contributed by atoms with van der Waals surface area (Å²) >= 11 is 0. The normalized spacial score (nSPS) is 32.1. The number of quaternary nitrogens is 1. The molecule has 4 aliphatic heterocycles. The van der Waals surface area contributed by atoms with Crippen molar-refractivity contribution in [2.24, 2.45) is 5.92 Å². The number of fused-ring (bicyclic) bond motifs is 3. The molecule has 5 aliphatic rings. The van der Waals surface area contributed by atoms with Crippen molar-refractivity contribution >= 4 is 29.4 Å². The first kappa shape index (κ1) is 21.6.